The van der Waals surface area contributed by atoms with E-state index < -0.39 is 0 Å². The molecular formula is C13H18BrNO. The van der Waals surface area contributed by atoms with Gasteiger partial charge in [0.25, 0.3) is 0 Å². The molecular weight excluding hydrogens is 266 g/mol. The summed E-state index contributed by atoms with van der Waals surface area (Å²) in [5, 5.41) is 9.23. The molecule has 1 N–H and O–H groups in total. The highest BCUT2D eigenvalue weighted by Crippen LogP contribution is 2.28. The molecule has 1 aliphatic carbocycles. The van der Waals surface area contributed by atoms with E-state index in [1.54, 1.807) is 0 Å². The molecule has 3 heteroatoms. The van der Waals surface area contributed by atoms with Gasteiger partial charge < -0.3 is 10.0 Å². The first-order valence-corrected chi connectivity index (χ1v) is 6.54. The number of hydrogen-bond donors (Lipinski definition) is 1. The second-order valence-corrected chi connectivity index (χ2v) is 5.73. The Morgan fingerprint density at radius 1 is 1.44 bits per heavy atom. The van der Waals surface area contributed by atoms with E-state index in [-0.39, 0.29) is 6.10 Å². The first-order valence-electron chi connectivity index (χ1n) is 5.74. The summed E-state index contributed by atoms with van der Waals surface area (Å²) in [6.45, 7) is 2.07. The summed E-state index contributed by atoms with van der Waals surface area (Å²) in [6.07, 6.45) is 1.91. The Morgan fingerprint density at radius 2 is 2.19 bits per heavy atom. The molecule has 2 rings (SSSR count). The van der Waals surface area contributed by atoms with Crippen LogP contribution in [0.5, 0.6) is 0 Å². The third-order valence-corrected chi connectivity index (χ3v) is 3.62. The summed E-state index contributed by atoms with van der Waals surface area (Å²) >= 11 is 3.48. The topological polar surface area (TPSA) is 23.5 Å². The van der Waals surface area contributed by atoms with E-state index in [9.17, 15) is 5.11 Å². The monoisotopic (exact) mass is 283 g/mol. The highest BCUT2D eigenvalue weighted by atomic mass is 79.9. The molecule has 0 heterocycles. The maximum absolute atomic E-state index is 9.23. The number of halogens is 1. The summed E-state index contributed by atoms with van der Waals surface area (Å²) < 4.78 is 1.14. The van der Waals surface area contributed by atoms with Gasteiger partial charge in [-0.2, -0.15) is 0 Å². The van der Waals surface area contributed by atoms with E-state index in [0.29, 0.717) is 5.92 Å². The molecule has 0 aliphatic heterocycles. The van der Waals surface area contributed by atoms with Crippen LogP contribution in [0.3, 0.4) is 0 Å². The lowest BCUT2D eigenvalue weighted by Gasteiger charge is -2.34. The van der Waals surface area contributed by atoms with E-state index in [0.717, 1.165) is 30.4 Å². The number of benzene rings is 1. The van der Waals surface area contributed by atoms with Crippen LogP contribution < -0.4 is 0 Å². The molecule has 0 aromatic heterocycles. The molecule has 0 amide bonds. The first-order chi connectivity index (χ1) is 7.63. The van der Waals surface area contributed by atoms with Crippen molar-refractivity contribution in [3.63, 3.8) is 0 Å². The highest BCUT2D eigenvalue weighted by molar-refractivity contribution is 9.10. The Bertz CT molecular complexity index is 350. The Balaban J connectivity index is 1.80. The summed E-state index contributed by atoms with van der Waals surface area (Å²) in [5.41, 5.74) is 1.33. The van der Waals surface area contributed by atoms with Crippen LogP contribution in [0, 0.1) is 5.92 Å². The summed E-state index contributed by atoms with van der Waals surface area (Å²) in [4.78, 5) is 2.33. The fraction of sp³-hybridized carbons (Fsp3) is 0.538. The average Bonchev–Trinajstić information content (AvgIpc) is 2.15. The van der Waals surface area contributed by atoms with Crippen molar-refractivity contribution < 1.29 is 5.11 Å². The van der Waals surface area contributed by atoms with Crippen molar-refractivity contribution in [2.24, 2.45) is 5.92 Å². The van der Waals surface area contributed by atoms with Gasteiger partial charge >= 0.3 is 0 Å². The van der Waals surface area contributed by atoms with Gasteiger partial charge in [-0.3, -0.25) is 0 Å². The van der Waals surface area contributed by atoms with E-state index >= 15 is 0 Å². The molecule has 1 aromatic carbocycles. The van der Waals surface area contributed by atoms with Crippen LogP contribution in [0.1, 0.15) is 18.4 Å². The minimum atomic E-state index is -0.0377. The molecule has 1 saturated carbocycles. The lowest BCUT2D eigenvalue weighted by Crippen LogP contribution is -2.36. The van der Waals surface area contributed by atoms with E-state index in [2.05, 4.69) is 46.1 Å². The van der Waals surface area contributed by atoms with Crippen molar-refractivity contribution >= 4 is 15.9 Å². The van der Waals surface area contributed by atoms with Crippen LogP contribution in [0.25, 0.3) is 0 Å². The Kier molecular flexibility index (Phi) is 4.00. The predicted molar refractivity (Wildman–Crippen MR) is 69.2 cm³/mol. The van der Waals surface area contributed by atoms with Crippen LogP contribution in [0.15, 0.2) is 28.7 Å². The molecule has 0 radical (unpaired) electrons. The molecule has 1 fully saturated rings. The summed E-state index contributed by atoms with van der Waals surface area (Å²) in [7, 11) is 2.14. The lowest BCUT2D eigenvalue weighted by molar-refractivity contribution is 0.0274. The zero-order chi connectivity index (χ0) is 11.5. The predicted octanol–water partition coefficient (Wildman–Crippen LogP) is 2.65. The molecule has 88 valence electrons. The van der Waals surface area contributed by atoms with E-state index in [4.69, 9.17) is 0 Å². The van der Waals surface area contributed by atoms with Crippen molar-refractivity contribution in [3.8, 4) is 0 Å². The van der Waals surface area contributed by atoms with Crippen LogP contribution in [-0.4, -0.2) is 29.7 Å². The average molecular weight is 284 g/mol. The van der Waals surface area contributed by atoms with Crippen LogP contribution in [0.2, 0.25) is 0 Å². The lowest BCUT2D eigenvalue weighted by atomic mass is 9.82. The van der Waals surface area contributed by atoms with Gasteiger partial charge in [0.1, 0.15) is 0 Å². The van der Waals surface area contributed by atoms with Gasteiger partial charge in [-0.05, 0) is 43.5 Å². The molecule has 0 unspecified atom stereocenters. The quantitative estimate of drug-likeness (QED) is 0.918. The fourth-order valence-electron chi connectivity index (χ4n) is 2.30. The van der Waals surface area contributed by atoms with Crippen LogP contribution in [-0.2, 0) is 6.54 Å². The SMILES string of the molecule is CN(Cc1cccc(Br)c1)CC1CC(O)C1. The number of hydrogen-bond acceptors (Lipinski definition) is 2. The Hall–Kier alpha value is -0.380. The molecule has 0 bridgehead atoms. The number of aliphatic hydroxyl groups excluding tert-OH is 1. The van der Waals surface area contributed by atoms with Crippen molar-refractivity contribution in [3.05, 3.63) is 34.3 Å². The van der Waals surface area contributed by atoms with Gasteiger partial charge in [-0.25, -0.2) is 0 Å². The smallest absolute Gasteiger partial charge is 0.0546 e. The standard InChI is InChI=1S/C13H18BrNO/c1-15(9-11-6-13(16)7-11)8-10-3-2-4-12(14)5-10/h2-5,11,13,16H,6-9H2,1H3. The molecule has 16 heavy (non-hydrogen) atoms. The molecule has 0 atom stereocenters. The van der Waals surface area contributed by atoms with Gasteiger partial charge in [0.15, 0.2) is 0 Å². The fourth-order valence-corrected chi connectivity index (χ4v) is 2.75. The zero-order valence-corrected chi connectivity index (χ0v) is 11.2. The second kappa shape index (κ2) is 5.30. The van der Waals surface area contributed by atoms with Crippen molar-refractivity contribution in [2.75, 3.05) is 13.6 Å². The van der Waals surface area contributed by atoms with Crippen molar-refractivity contribution in [2.45, 2.75) is 25.5 Å². The molecule has 1 aromatic rings. The highest BCUT2D eigenvalue weighted by Gasteiger charge is 2.27. The van der Waals surface area contributed by atoms with Gasteiger partial charge in [-0.15, -0.1) is 0 Å². The summed E-state index contributed by atoms with van der Waals surface area (Å²) in [5.74, 6) is 0.687. The molecule has 0 spiro atoms. The third kappa shape index (κ3) is 3.30. The molecule has 0 saturated heterocycles. The van der Waals surface area contributed by atoms with Gasteiger partial charge in [-0.1, -0.05) is 28.1 Å². The maximum Gasteiger partial charge on any atom is 0.0546 e. The Labute approximate surface area is 105 Å². The van der Waals surface area contributed by atoms with Crippen molar-refractivity contribution in [1.82, 2.24) is 4.90 Å². The Morgan fingerprint density at radius 3 is 2.81 bits per heavy atom. The minimum Gasteiger partial charge on any atom is -0.393 e. The maximum atomic E-state index is 9.23. The number of nitrogens with zero attached hydrogens (tertiary/aromatic N) is 1. The van der Waals surface area contributed by atoms with Crippen LogP contribution >= 0.6 is 15.9 Å². The number of rotatable bonds is 4. The second-order valence-electron chi connectivity index (χ2n) is 4.82. The number of aliphatic hydroxyl groups is 1. The van der Waals surface area contributed by atoms with Crippen LogP contribution in [0.4, 0.5) is 0 Å². The van der Waals surface area contributed by atoms with E-state index in [1.165, 1.54) is 5.56 Å². The minimum absolute atomic E-state index is 0.0377. The van der Waals surface area contributed by atoms with Crippen molar-refractivity contribution in [1.29, 1.82) is 0 Å². The van der Waals surface area contributed by atoms with Gasteiger partial charge in [0.05, 0.1) is 6.10 Å². The third-order valence-electron chi connectivity index (χ3n) is 3.12. The van der Waals surface area contributed by atoms with Gasteiger partial charge in [0.2, 0.25) is 0 Å². The normalized spacial score (nSPS) is 24.5. The zero-order valence-electron chi connectivity index (χ0n) is 9.56. The molecule has 2 nitrogen and oxygen atoms in total. The first kappa shape index (κ1) is 12.1. The largest absolute Gasteiger partial charge is 0.393 e. The van der Waals surface area contributed by atoms with E-state index in [1.807, 2.05) is 6.07 Å². The molecule has 1 aliphatic rings. The van der Waals surface area contributed by atoms with Gasteiger partial charge in [0, 0.05) is 17.6 Å². The summed E-state index contributed by atoms with van der Waals surface area (Å²) in [6, 6.07) is 8.43.